The van der Waals surface area contributed by atoms with Crippen LogP contribution in [0, 0.1) is 0 Å². The highest BCUT2D eigenvalue weighted by Gasteiger charge is 2.17. The molecule has 6 nitrogen and oxygen atoms in total. The van der Waals surface area contributed by atoms with Crippen LogP contribution in [0.4, 0.5) is 17.1 Å². The van der Waals surface area contributed by atoms with E-state index in [1.165, 1.54) is 11.3 Å². The van der Waals surface area contributed by atoms with E-state index in [0.717, 1.165) is 68.2 Å². The minimum atomic E-state index is 0.695. The first-order valence-corrected chi connectivity index (χ1v) is 11.5. The van der Waals surface area contributed by atoms with Crippen LogP contribution in [0.5, 0.6) is 0 Å². The van der Waals surface area contributed by atoms with Gasteiger partial charge in [0.15, 0.2) is 0 Å². The van der Waals surface area contributed by atoms with Crippen molar-refractivity contribution in [2.75, 3.05) is 70.8 Å². The summed E-state index contributed by atoms with van der Waals surface area (Å²) in [5.74, 6) is 0. The number of nitrogens with zero attached hydrogens (tertiary/aromatic N) is 4. The highest BCUT2D eigenvalue weighted by molar-refractivity contribution is 6.31. The molecule has 0 atom stereocenters. The van der Waals surface area contributed by atoms with Crippen molar-refractivity contribution in [3.63, 3.8) is 0 Å². The molecule has 3 aromatic rings. The van der Waals surface area contributed by atoms with Crippen molar-refractivity contribution >= 4 is 39.6 Å². The molecule has 0 aliphatic carbocycles. The maximum atomic E-state index is 6.16. The molecule has 1 saturated heterocycles. The number of hydrogen-bond donors (Lipinski definition) is 1. The Bertz CT molecular complexity index is 1050. The van der Waals surface area contributed by atoms with Crippen LogP contribution in [0.25, 0.3) is 10.9 Å². The average molecular weight is 454 g/mol. The number of morpholine rings is 1. The lowest BCUT2D eigenvalue weighted by Crippen LogP contribution is -2.37. The molecule has 7 heteroatoms. The molecule has 0 spiro atoms. The van der Waals surface area contributed by atoms with Crippen molar-refractivity contribution in [1.82, 2.24) is 14.8 Å². The molecule has 1 aliphatic rings. The van der Waals surface area contributed by atoms with Gasteiger partial charge >= 0.3 is 0 Å². The van der Waals surface area contributed by atoms with Gasteiger partial charge in [0.1, 0.15) is 0 Å². The molecule has 1 fully saturated rings. The molecule has 32 heavy (non-hydrogen) atoms. The number of halogens is 1. The fourth-order valence-electron chi connectivity index (χ4n) is 4.03. The van der Waals surface area contributed by atoms with Crippen molar-refractivity contribution < 1.29 is 4.74 Å². The first-order valence-electron chi connectivity index (χ1n) is 11.1. The minimum absolute atomic E-state index is 0.695. The Hall–Kier alpha value is -2.38. The molecule has 2 heterocycles. The summed E-state index contributed by atoms with van der Waals surface area (Å²) in [4.78, 5) is 11.5. The Balaban J connectivity index is 1.61. The Morgan fingerprint density at radius 2 is 1.84 bits per heavy atom. The average Bonchev–Trinajstić information content (AvgIpc) is 2.78. The third kappa shape index (κ3) is 5.70. The van der Waals surface area contributed by atoms with Gasteiger partial charge < -0.3 is 24.8 Å². The van der Waals surface area contributed by atoms with Crippen LogP contribution in [0.15, 0.2) is 48.7 Å². The van der Waals surface area contributed by atoms with Gasteiger partial charge in [0.05, 0.1) is 18.7 Å². The predicted octanol–water partition coefficient (Wildman–Crippen LogP) is 4.46. The predicted molar refractivity (Wildman–Crippen MR) is 134 cm³/mol. The molecule has 0 unspecified atom stereocenters. The number of anilines is 3. The van der Waals surface area contributed by atoms with Crippen LogP contribution in [-0.4, -0.2) is 75.3 Å². The van der Waals surface area contributed by atoms with Gasteiger partial charge in [-0.05, 0) is 69.2 Å². The van der Waals surface area contributed by atoms with Crippen LogP contribution in [0.1, 0.15) is 5.56 Å². The molecule has 170 valence electrons. The van der Waals surface area contributed by atoms with E-state index in [1.54, 1.807) is 0 Å². The summed E-state index contributed by atoms with van der Waals surface area (Å²) < 4.78 is 5.57. The number of fused-ring (bicyclic) bond motifs is 1. The summed E-state index contributed by atoms with van der Waals surface area (Å²) in [6.45, 7) is 6.36. The molecule has 0 saturated carbocycles. The van der Waals surface area contributed by atoms with Gasteiger partial charge in [0, 0.05) is 66.4 Å². The lowest BCUT2D eigenvalue weighted by Gasteiger charge is -2.32. The first-order chi connectivity index (χ1) is 15.5. The minimum Gasteiger partial charge on any atom is -0.378 e. The molecule has 0 bridgehead atoms. The third-order valence-corrected chi connectivity index (χ3v) is 6.02. The second-order valence-corrected chi connectivity index (χ2v) is 9.07. The number of likely N-dealkylation sites (N-methyl/N-ethyl adjacent to an activating group) is 2. The zero-order valence-electron chi connectivity index (χ0n) is 19.1. The fraction of sp³-hybridized carbons (Fsp3) is 0.400. The van der Waals surface area contributed by atoms with E-state index in [1.807, 2.05) is 30.5 Å². The van der Waals surface area contributed by atoms with Crippen LogP contribution in [-0.2, 0) is 11.3 Å². The first kappa shape index (κ1) is 22.8. The summed E-state index contributed by atoms with van der Waals surface area (Å²) in [6.07, 6.45) is 1.82. The van der Waals surface area contributed by atoms with Gasteiger partial charge in [-0.1, -0.05) is 11.6 Å². The Labute approximate surface area is 195 Å². The maximum Gasteiger partial charge on any atom is 0.0737 e. The number of rotatable bonds is 8. The smallest absolute Gasteiger partial charge is 0.0737 e. The number of pyridine rings is 1. The van der Waals surface area contributed by atoms with Gasteiger partial charge in [-0.25, -0.2) is 0 Å². The molecule has 1 aliphatic heterocycles. The van der Waals surface area contributed by atoms with E-state index in [-0.39, 0.29) is 0 Å². The van der Waals surface area contributed by atoms with Gasteiger partial charge in [-0.15, -0.1) is 0 Å². The van der Waals surface area contributed by atoms with E-state index in [0.29, 0.717) is 5.02 Å². The summed E-state index contributed by atoms with van der Waals surface area (Å²) >= 11 is 6.16. The largest absolute Gasteiger partial charge is 0.378 e. The summed E-state index contributed by atoms with van der Waals surface area (Å²) in [5, 5.41) is 5.36. The van der Waals surface area contributed by atoms with E-state index in [9.17, 15) is 0 Å². The van der Waals surface area contributed by atoms with Crippen LogP contribution < -0.4 is 10.2 Å². The molecule has 1 N–H and O–H groups in total. The number of hydrogen-bond acceptors (Lipinski definition) is 6. The summed E-state index contributed by atoms with van der Waals surface area (Å²) in [7, 11) is 6.42. The SMILES string of the molecule is CN(C)CCN(C)Cc1cc(Nc2ccnc3cc(Cl)ccc23)ccc1N1CCOCC1. The normalized spacial score (nSPS) is 14.5. The highest BCUT2D eigenvalue weighted by Crippen LogP contribution is 2.31. The maximum absolute atomic E-state index is 6.16. The van der Waals surface area contributed by atoms with E-state index >= 15 is 0 Å². The molecule has 0 amide bonds. The second-order valence-electron chi connectivity index (χ2n) is 8.63. The number of nitrogens with one attached hydrogen (secondary N) is 1. The highest BCUT2D eigenvalue weighted by atomic mass is 35.5. The van der Waals surface area contributed by atoms with Gasteiger partial charge in [0.25, 0.3) is 0 Å². The summed E-state index contributed by atoms with van der Waals surface area (Å²) in [6, 6.07) is 14.5. The Morgan fingerprint density at radius 3 is 2.62 bits per heavy atom. The Kier molecular flexibility index (Phi) is 7.48. The number of benzene rings is 2. The van der Waals surface area contributed by atoms with Crippen molar-refractivity contribution in [2.24, 2.45) is 0 Å². The molecule has 2 aromatic carbocycles. The summed E-state index contributed by atoms with van der Waals surface area (Å²) in [5.41, 5.74) is 5.59. The zero-order chi connectivity index (χ0) is 22.5. The van der Waals surface area contributed by atoms with E-state index < -0.39 is 0 Å². The molecular formula is C25H32ClN5O. The second kappa shape index (κ2) is 10.5. The van der Waals surface area contributed by atoms with Crippen LogP contribution in [0.3, 0.4) is 0 Å². The molecule has 4 rings (SSSR count). The van der Waals surface area contributed by atoms with Crippen LogP contribution in [0.2, 0.25) is 5.02 Å². The van der Waals surface area contributed by atoms with Crippen LogP contribution >= 0.6 is 11.6 Å². The molecule has 0 radical (unpaired) electrons. The van der Waals surface area contributed by atoms with Gasteiger partial charge in [0.2, 0.25) is 0 Å². The topological polar surface area (TPSA) is 43.9 Å². The lowest BCUT2D eigenvalue weighted by atomic mass is 10.1. The fourth-order valence-corrected chi connectivity index (χ4v) is 4.20. The van der Waals surface area contributed by atoms with Gasteiger partial charge in [-0.3, -0.25) is 4.98 Å². The van der Waals surface area contributed by atoms with Crippen molar-refractivity contribution in [3.05, 3.63) is 59.2 Å². The quantitative estimate of drug-likeness (QED) is 0.543. The lowest BCUT2D eigenvalue weighted by molar-refractivity contribution is 0.122. The third-order valence-electron chi connectivity index (χ3n) is 5.78. The molecular weight excluding hydrogens is 422 g/mol. The standard InChI is InChI=1S/C25H32ClN5O/c1-29(2)10-11-30(3)18-19-16-21(5-7-25(19)31-12-14-32-15-13-31)28-23-8-9-27-24-17-20(26)4-6-22(23)24/h4-9,16-17H,10-15,18H2,1-3H3,(H,27,28). The van der Waals surface area contributed by atoms with E-state index in [2.05, 4.69) is 64.3 Å². The van der Waals surface area contributed by atoms with Crippen molar-refractivity contribution in [1.29, 1.82) is 0 Å². The zero-order valence-corrected chi connectivity index (χ0v) is 19.9. The number of ether oxygens (including phenoxy) is 1. The van der Waals surface area contributed by atoms with Crippen molar-refractivity contribution in [3.8, 4) is 0 Å². The van der Waals surface area contributed by atoms with Gasteiger partial charge in [-0.2, -0.15) is 0 Å². The number of aromatic nitrogens is 1. The molecule has 1 aromatic heterocycles. The van der Waals surface area contributed by atoms with Crippen molar-refractivity contribution in [2.45, 2.75) is 6.54 Å². The monoisotopic (exact) mass is 453 g/mol. The van der Waals surface area contributed by atoms with E-state index in [4.69, 9.17) is 16.3 Å². The Morgan fingerprint density at radius 1 is 1.03 bits per heavy atom.